The first-order chi connectivity index (χ1) is 7.67. The number of aryl methyl sites for hydroxylation is 1. The third-order valence-corrected chi connectivity index (χ3v) is 2.68. The fourth-order valence-electron chi connectivity index (χ4n) is 1.87. The van der Waals surface area contributed by atoms with Gasteiger partial charge in [-0.2, -0.15) is 0 Å². The predicted octanol–water partition coefficient (Wildman–Crippen LogP) is 3.49. The number of rotatable bonds is 2. The Hall–Kier alpha value is -1.77. The summed E-state index contributed by atoms with van der Waals surface area (Å²) in [4.78, 5) is 11.0. The molecule has 0 aliphatic rings. The molecule has 0 spiro atoms. The van der Waals surface area contributed by atoms with Crippen LogP contribution in [0.4, 0.5) is 8.78 Å². The number of aldehydes is 1. The molecule has 82 valence electrons. The van der Waals surface area contributed by atoms with Gasteiger partial charge in [-0.1, -0.05) is 19.1 Å². The minimum absolute atomic E-state index is 0.278. The number of fused-ring (bicyclic) bond motifs is 1. The molecule has 0 heterocycles. The summed E-state index contributed by atoms with van der Waals surface area (Å²) in [7, 11) is 0. The van der Waals surface area contributed by atoms with Gasteiger partial charge in [0.2, 0.25) is 0 Å². The van der Waals surface area contributed by atoms with E-state index in [4.69, 9.17) is 0 Å². The summed E-state index contributed by atoms with van der Waals surface area (Å²) in [6, 6.07) is 5.30. The highest BCUT2D eigenvalue weighted by Gasteiger charge is 2.10. The van der Waals surface area contributed by atoms with E-state index in [0.29, 0.717) is 23.7 Å². The zero-order chi connectivity index (χ0) is 11.7. The normalized spacial score (nSPS) is 10.7. The molecule has 0 saturated heterocycles. The van der Waals surface area contributed by atoms with Crippen LogP contribution >= 0.6 is 0 Å². The fourth-order valence-corrected chi connectivity index (χ4v) is 1.87. The van der Waals surface area contributed by atoms with Crippen molar-refractivity contribution in [1.29, 1.82) is 0 Å². The molecule has 2 aromatic rings. The summed E-state index contributed by atoms with van der Waals surface area (Å²) in [5.74, 6) is -1.30. The quantitative estimate of drug-likeness (QED) is 0.708. The highest BCUT2D eigenvalue weighted by atomic mass is 19.1. The first-order valence-electron chi connectivity index (χ1n) is 5.03. The van der Waals surface area contributed by atoms with Gasteiger partial charge >= 0.3 is 0 Å². The second-order valence-electron chi connectivity index (χ2n) is 3.59. The average molecular weight is 220 g/mol. The van der Waals surface area contributed by atoms with Crippen molar-refractivity contribution in [3.63, 3.8) is 0 Å². The molecule has 0 N–H and O–H groups in total. The summed E-state index contributed by atoms with van der Waals surface area (Å²) >= 11 is 0. The van der Waals surface area contributed by atoms with Crippen LogP contribution in [0.15, 0.2) is 24.3 Å². The van der Waals surface area contributed by atoms with Crippen molar-refractivity contribution >= 4 is 17.1 Å². The lowest BCUT2D eigenvalue weighted by atomic mass is 9.98. The highest BCUT2D eigenvalue weighted by molar-refractivity contribution is 5.99. The van der Waals surface area contributed by atoms with Gasteiger partial charge in [0.05, 0.1) is 0 Å². The van der Waals surface area contributed by atoms with E-state index in [2.05, 4.69) is 0 Å². The molecule has 0 aromatic heterocycles. The van der Waals surface area contributed by atoms with Gasteiger partial charge in [-0.05, 0) is 23.4 Å². The Labute approximate surface area is 91.7 Å². The first kappa shape index (κ1) is 10.7. The highest BCUT2D eigenvalue weighted by Crippen LogP contribution is 2.25. The molecule has 0 aliphatic carbocycles. The SMILES string of the molecule is CCc1ccc2c(F)cc(F)cc2c1C=O. The smallest absolute Gasteiger partial charge is 0.150 e. The van der Waals surface area contributed by atoms with E-state index < -0.39 is 11.6 Å². The molecule has 1 nitrogen and oxygen atoms in total. The molecular formula is C13H10F2O. The lowest BCUT2D eigenvalue weighted by Gasteiger charge is -2.07. The topological polar surface area (TPSA) is 17.1 Å². The largest absolute Gasteiger partial charge is 0.298 e. The molecule has 0 saturated carbocycles. The van der Waals surface area contributed by atoms with Gasteiger partial charge in [0.15, 0.2) is 6.29 Å². The molecule has 3 heteroatoms. The first-order valence-corrected chi connectivity index (χ1v) is 5.03. The molecule has 0 unspecified atom stereocenters. The van der Waals surface area contributed by atoms with Crippen molar-refractivity contribution in [3.05, 3.63) is 47.0 Å². The van der Waals surface area contributed by atoms with E-state index in [1.807, 2.05) is 6.92 Å². The molecule has 0 fully saturated rings. The molecule has 2 aromatic carbocycles. The molecular weight excluding hydrogens is 210 g/mol. The molecule has 0 aliphatic heterocycles. The van der Waals surface area contributed by atoms with E-state index in [1.54, 1.807) is 12.1 Å². The van der Waals surface area contributed by atoms with E-state index >= 15 is 0 Å². The Bertz CT molecular complexity index is 561. The van der Waals surface area contributed by atoms with E-state index in [-0.39, 0.29) is 5.39 Å². The maximum atomic E-state index is 13.4. The standard InChI is InChI=1S/C13H10F2O/c1-2-8-3-4-10-11(12(8)7-16)5-9(14)6-13(10)15/h3-7H,2H2,1H3. The van der Waals surface area contributed by atoms with Crippen molar-refractivity contribution < 1.29 is 13.6 Å². The van der Waals surface area contributed by atoms with Gasteiger partial charge in [0, 0.05) is 17.0 Å². The number of halogens is 2. The van der Waals surface area contributed by atoms with Gasteiger partial charge in [-0.3, -0.25) is 4.79 Å². The van der Waals surface area contributed by atoms with Crippen LogP contribution in [-0.2, 0) is 6.42 Å². The van der Waals surface area contributed by atoms with Crippen LogP contribution in [0.25, 0.3) is 10.8 Å². The lowest BCUT2D eigenvalue weighted by Crippen LogP contribution is -1.95. The average Bonchev–Trinajstić information content (AvgIpc) is 2.27. The third kappa shape index (κ3) is 1.58. The second kappa shape index (κ2) is 4.00. The van der Waals surface area contributed by atoms with Gasteiger partial charge < -0.3 is 0 Å². The number of benzene rings is 2. The van der Waals surface area contributed by atoms with Crippen LogP contribution in [0.1, 0.15) is 22.8 Å². The predicted molar refractivity (Wildman–Crippen MR) is 58.6 cm³/mol. The van der Waals surface area contributed by atoms with Crippen molar-refractivity contribution in [2.75, 3.05) is 0 Å². The van der Waals surface area contributed by atoms with Gasteiger partial charge in [0.1, 0.15) is 11.6 Å². The summed E-state index contributed by atoms with van der Waals surface area (Å²) in [5.41, 5.74) is 1.17. The summed E-state index contributed by atoms with van der Waals surface area (Å²) in [6.45, 7) is 1.89. The van der Waals surface area contributed by atoms with Gasteiger partial charge in [-0.15, -0.1) is 0 Å². The zero-order valence-electron chi connectivity index (χ0n) is 8.76. The molecule has 16 heavy (non-hydrogen) atoms. The Morgan fingerprint density at radius 1 is 1.19 bits per heavy atom. The molecule has 0 atom stereocenters. The lowest BCUT2D eigenvalue weighted by molar-refractivity contribution is 0.112. The Kier molecular flexibility index (Phi) is 2.69. The van der Waals surface area contributed by atoms with Crippen LogP contribution in [0.2, 0.25) is 0 Å². The van der Waals surface area contributed by atoms with Crippen LogP contribution in [0, 0.1) is 11.6 Å². The van der Waals surface area contributed by atoms with E-state index in [9.17, 15) is 13.6 Å². The molecule has 0 bridgehead atoms. The van der Waals surface area contributed by atoms with Gasteiger partial charge in [-0.25, -0.2) is 8.78 Å². The van der Waals surface area contributed by atoms with Crippen LogP contribution in [0.5, 0.6) is 0 Å². The maximum Gasteiger partial charge on any atom is 0.150 e. The second-order valence-corrected chi connectivity index (χ2v) is 3.59. The van der Waals surface area contributed by atoms with Crippen LogP contribution in [0.3, 0.4) is 0 Å². The van der Waals surface area contributed by atoms with Crippen molar-refractivity contribution in [1.82, 2.24) is 0 Å². The summed E-state index contributed by atoms with van der Waals surface area (Å²) < 4.78 is 26.5. The monoisotopic (exact) mass is 220 g/mol. The minimum atomic E-state index is -0.665. The molecule has 0 radical (unpaired) electrons. The Balaban J connectivity index is 2.91. The Morgan fingerprint density at radius 2 is 1.94 bits per heavy atom. The third-order valence-electron chi connectivity index (χ3n) is 2.68. The van der Waals surface area contributed by atoms with Crippen molar-refractivity contribution in [3.8, 4) is 0 Å². The number of carbonyl (C=O) groups is 1. The Morgan fingerprint density at radius 3 is 2.56 bits per heavy atom. The number of hydrogen-bond acceptors (Lipinski definition) is 1. The van der Waals surface area contributed by atoms with Gasteiger partial charge in [0.25, 0.3) is 0 Å². The number of carbonyl (C=O) groups excluding carboxylic acids is 1. The molecule has 0 amide bonds. The van der Waals surface area contributed by atoms with E-state index in [0.717, 1.165) is 11.6 Å². The summed E-state index contributed by atoms with van der Waals surface area (Å²) in [5, 5.41) is 0.618. The van der Waals surface area contributed by atoms with Crippen molar-refractivity contribution in [2.45, 2.75) is 13.3 Å². The number of hydrogen-bond donors (Lipinski definition) is 0. The minimum Gasteiger partial charge on any atom is -0.298 e. The van der Waals surface area contributed by atoms with E-state index in [1.165, 1.54) is 6.07 Å². The van der Waals surface area contributed by atoms with Crippen LogP contribution in [-0.4, -0.2) is 6.29 Å². The van der Waals surface area contributed by atoms with Crippen molar-refractivity contribution in [2.24, 2.45) is 0 Å². The zero-order valence-corrected chi connectivity index (χ0v) is 8.76. The fraction of sp³-hybridized carbons (Fsp3) is 0.154. The maximum absolute atomic E-state index is 13.4. The molecule has 2 rings (SSSR count). The summed E-state index contributed by atoms with van der Waals surface area (Å²) in [6.07, 6.45) is 1.31. The van der Waals surface area contributed by atoms with Crippen LogP contribution < -0.4 is 0 Å².